The second kappa shape index (κ2) is 4.74. The zero-order valence-electron chi connectivity index (χ0n) is 10.5. The zero-order chi connectivity index (χ0) is 13.4. The van der Waals surface area contributed by atoms with E-state index >= 15 is 0 Å². The molecule has 0 unspecified atom stereocenters. The highest BCUT2D eigenvalue weighted by atomic mass is 32.1. The highest BCUT2D eigenvalue weighted by Gasteiger charge is 2.27. The average molecular weight is 276 g/mol. The summed E-state index contributed by atoms with van der Waals surface area (Å²) in [6.45, 7) is 2.41. The molecule has 1 amide bonds. The maximum absolute atomic E-state index is 14.0. The van der Waals surface area contributed by atoms with Crippen LogP contribution >= 0.6 is 11.3 Å². The minimum atomic E-state index is -0.327. The summed E-state index contributed by atoms with van der Waals surface area (Å²) in [6.07, 6.45) is 3.25. The van der Waals surface area contributed by atoms with E-state index in [4.69, 9.17) is 0 Å². The molecule has 0 saturated heterocycles. The second-order valence-corrected chi connectivity index (χ2v) is 5.79. The molecule has 5 heteroatoms. The van der Waals surface area contributed by atoms with Crippen LogP contribution in [0.25, 0.3) is 0 Å². The first kappa shape index (κ1) is 12.3. The standard InChI is InChI=1S/C14H13FN2OS/c1-9-16-8-12(19-9)14(18)17-7-3-5-10-4-2-6-11(15)13(10)17/h2,4,6,8H,3,5,7H2,1H3. The van der Waals surface area contributed by atoms with Crippen LogP contribution in [-0.2, 0) is 6.42 Å². The molecule has 1 aromatic heterocycles. The first-order chi connectivity index (χ1) is 9.16. The monoisotopic (exact) mass is 276 g/mol. The van der Waals surface area contributed by atoms with E-state index in [-0.39, 0.29) is 11.7 Å². The van der Waals surface area contributed by atoms with E-state index in [1.165, 1.54) is 17.4 Å². The van der Waals surface area contributed by atoms with Gasteiger partial charge in [-0.2, -0.15) is 0 Å². The molecule has 3 nitrogen and oxygen atoms in total. The van der Waals surface area contributed by atoms with Gasteiger partial charge in [0, 0.05) is 6.54 Å². The van der Waals surface area contributed by atoms with E-state index in [0.29, 0.717) is 17.1 Å². The molecule has 1 aliphatic rings. The van der Waals surface area contributed by atoms with Crippen molar-refractivity contribution in [3.63, 3.8) is 0 Å². The molecule has 2 heterocycles. The van der Waals surface area contributed by atoms with Gasteiger partial charge in [-0.15, -0.1) is 11.3 Å². The number of aromatic nitrogens is 1. The number of aryl methyl sites for hydroxylation is 2. The summed E-state index contributed by atoms with van der Waals surface area (Å²) in [7, 11) is 0. The molecule has 2 aromatic rings. The fraction of sp³-hybridized carbons (Fsp3) is 0.286. The summed E-state index contributed by atoms with van der Waals surface area (Å²) in [4.78, 5) is 18.7. The lowest BCUT2D eigenvalue weighted by molar-refractivity contribution is 0.0988. The Morgan fingerprint density at radius 3 is 3.05 bits per heavy atom. The van der Waals surface area contributed by atoms with Gasteiger partial charge in [0.2, 0.25) is 0 Å². The highest BCUT2D eigenvalue weighted by Crippen LogP contribution is 2.31. The number of hydrogen-bond acceptors (Lipinski definition) is 3. The van der Waals surface area contributed by atoms with Crippen LogP contribution in [0.3, 0.4) is 0 Å². The molecule has 19 heavy (non-hydrogen) atoms. The van der Waals surface area contributed by atoms with E-state index < -0.39 is 0 Å². The third-order valence-electron chi connectivity index (χ3n) is 3.25. The number of anilines is 1. The van der Waals surface area contributed by atoms with Crippen molar-refractivity contribution in [3.8, 4) is 0 Å². The van der Waals surface area contributed by atoms with Crippen LogP contribution in [0.1, 0.15) is 26.7 Å². The number of nitrogens with zero attached hydrogens (tertiary/aromatic N) is 2. The number of para-hydroxylation sites is 1. The maximum atomic E-state index is 14.0. The Hall–Kier alpha value is -1.75. The van der Waals surface area contributed by atoms with Gasteiger partial charge in [0.15, 0.2) is 0 Å². The third kappa shape index (κ3) is 2.14. The molecule has 0 saturated carbocycles. The summed E-state index contributed by atoms with van der Waals surface area (Å²) in [5.74, 6) is -0.483. The SMILES string of the molecule is Cc1ncc(C(=O)N2CCCc3cccc(F)c32)s1. The molecular weight excluding hydrogens is 263 g/mol. The fourth-order valence-corrected chi connectivity index (χ4v) is 3.13. The Morgan fingerprint density at radius 2 is 2.32 bits per heavy atom. The van der Waals surface area contributed by atoms with E-state index in [0.717, 1.165) is 23.4 Å². The Kier molecular flexibility index (Phi) is 3.06. The number of carbonyl (C=O) groups is 1. The van der Waals surface area contributed by atoms with Crippen molar-refractivity contribution in [2.75, 3.05) is 11.4 Å². The van der Waals surface area contributed by atoms with Crippen LogP contribution in [0.4, 0.5) is 10.1 Å². The molecule has 0 aliphatic carbocycles. The minimum absolute atomic E-state index is 0.156. The molecule has 0 atom stereocenters. The Labute approximate surface area is 114 Å². The van der Waals surface area contributed by atoms with Crippen LogP contribution in [0.15, 0.2) is 24.4 Å². The van der Waals surface area contributed by atoms with Gasteiger partial charge in [-0.3, -0.25) is 4.79 Å². The summed E-state index contributed by atoms with van der Waals surface area (Å²) in [6, 6.07) is 4.98. The number of fused-ring (bicyclic) bond motifs is 1. The van der Waals surface area contributed by atoms with Crippen molar-refractivity contribution < 1.29 is 9.18 Å². The van der Waals surface area contributed by atoms with Gasteiger partial charge in [0.25, 0.3) is 5.91 Å². The van der Waals surface area contributed by atoms with Crippen LogP contribution < -0.4 is 4.90 Å². The number of carbonyl (C=O) groups excluding carboxylic acids is 1. The number of amides is 1. The summed E-state index contributed by atoms with van der Waals surface area (Å²) in [5, 5.41) is 0.842. The predicted molar refractivity (Wildman–Crippen MR) is 73.2 cm³/mol. The van der Waals surface area contributed by atoms with Gasteiger partial charge in [-0.25, -0.2) is 9.37 Å². The summed E-state index contributed by atoms with van der Waals surface area (Å²) in [5.41, 5.74) is 1.34. The second-order valence-electron chi connectivity index (χ2n) is 4.55. The fourth-order valence-electron chi connectivity index (χ4n) is 2.40. The Bertz CT molecular complexity index is 638. The van der Waals surface area contributed by atoms with Crippen LogP contribution in [0.5, 0.6) is 0 Å². The number of rotatable bonds is 1. The number of thiazole rings is 1. The molecule has 98 valence electrons. The zero-order valence-corrected chi connectivity index (χ0v) is 11.3. The maximum Gasteiger partial charge on any atom is 0.270 e. The van der Waals surface area contributed by atoms with Gasteiger partial charge in [0.05, 0.1) is 16.9 Å². The lowest BCUT2D eigenvalue weighted by Gasteiger charge is -2.29. The lowest BCUT2D eigenvalue weighted by atomic mass is 10.0. The van der Waals surface area contributed by atoms with Crippen molar-refractivity contribution in [3.05, 3.63) is 45.7 Å². The number of halogens is 1. The van der Waals surface area contributed by atoms with Crippen LogP contribution in [0.2, 0.25) is 0 Å². The van der Waals surface area contributed by atoms with Crippen molar-refractivity contribution in [2.24, 2.45) is 0 Å². The van der Waals surface area contributed by atoms with Gasteiger partial charge in [-0.05, 0) is 31.4 Å². The summed E-state index contributed by atoms with van der Waals surface area (Å²) < 4.78 is 14.0. The molecule has 1 aromatic carbocycles. The normalized spacial score (nSPS) is 14.3. The minimum Gasteiger partial charge on any atom is -0.305 e. The first-order valence-electron chi connectivity index (χ1n) is 6.18. The van der Waals surface area contributed by atoms with Crippen molar-refractivity contribution in [1.29, 1.82) is 0 Å². The predicted octanol–water partition coefficient (Wildman–Crippen LogP) is 3.18. The molecule has 0 N–H and O–H groups in total. The highest BCUT2D eigenvalue weighted by molar-refractivity contribution is 7.13. The lowest BCUT2D eigenvalue weighted by Crippen LogP contribution is -2.35. The van der Waals surface area contributed by atoms with Gasteiger partial charge >= 0.3 is 0 Å². The molecule has 0 spiro atoms. The van der Waals surface area contributed by atoms with E-state index in [1.807, 2.05) is 13.0 Å². The van der Waals surface area contributed by atoms with E-state index in [9.17, 15) is 9.18 Å². The summed E-state index contributed by atoms with van der Waals surface area (Å²) >= 11 is 1.35. The van der Waals surface area contributed by atoms with Crippen molar-refractivity contribution >= 4 is 22.9 Å². The van der Waals surface area contributed by atoms with Crippen molar-refractivity contribution in [1.82, 2.24) is 4.98 Å². The third-order valence-corrected chi connectivity index (χ3v) is 4.15. The van der Waals surface area contributed by atoms with Gasteiger partial charge in [-0.1, -0.05) is 12.1 Å². The largest absolute Gasteiger partial charge is 0.305 e. The van der Waals surface area contributed by atoms with Crippen LogP contribution in [-0.4, -0.2) is 17.4 Å². The van der Waals surface area contributed by atoms with Gasteiger partial charge < -0.3 is 4.90 Å². The Balaban J connectivity index is 2.02. The topological polar surface area (TPSA) is 33.2 Å². The molecule has 0 radical (unpaired) electrons. The first-order valence-corrected chi connectivity index (χ1v) is 7.00. The quantitative estimate of drug-likeness (QED) is 0.801. The molecule has 1 aliphatic heterocycles. The van der Waals surface area contributed by atoms with E-state index in [1.54, 1.807) is 17.2 Å². The molecule has 3 rings (SSSR count). The Morgan fingerprint density at radius 1 is 1.47 bits per heavy atom. The van der Waals surface area contributed by atoms with E-state index in [2.05, 4.69) is 4.98 Å². The molecule has 0 bridgehead atoms. The molecular formula is C14H13FN2OS. The van der Waals surface area contributed by atoms with Crippen molar-refractivity contribution in [2.45, 2.75) is 19.8 Å². The molecule has 0 fully saturated rings. The number of hydrogen-bond donors (Lipinski definition) is 0. The number of benzene rings is 1. The van der Waals surface area contributed by atoms with Crippen LogP contribution in [0, 0.1) is 12.7 Å². The van der Waals surface area contributed by atoms with Gasteiger partial charge in [0.1, 0.15) is 10.7 Å². The average Bonchev–Trinajstić information content (AvgIpc) is 2.84. The smallest absolute Gasteiger partial charge is 0.270 e.